The maximum Gasteiger partial charge on any atom is 0.315 e. The topological polar surface area (TPSA) is 97.3 Å². The van der Waals surface area contributed by atoms with Crippen molar-refractivity contribution in [1.29, 1.82) is 0 Å². The van der Waals surface area contributed by atoms with Gasteiger partial charge in [-0.3, -0.25) is 0 Å². The van der Waals surface area contributed by atoms with E-state index in [1.807, 2.05) is 18.2 Å². The van der Waals surface area contributed by atoms with Crippen LogP contribution in [0.2, 0.25) is 0 Å². The lowest BCUT2D eigenvalue weighted by molar-refractivity contribution is 0.154. The normalized spacial score (nSPS) is 20.3. The van der Waals surface area contributed by atoms with Crippen LogP contribution in [0.1, 0.15) is 30.0 Å². The fraction of sp³-hybridized carbons (Fsp3) is 0.333. The number of anilines is 1. The van der Waals surface area contributed by atoms with Gasteiger partial charge in [0.25, 0.3) is 0 Å². The molecule has 3 rings (SSSR count). The molecule has 1 aromatic carbocycles. The van der Waals surface area contributed by atoms with E-state index in [0.29, 0.717) is 18.5 Å². The van der Waals surface area contributed by atoms with Crippen LogP contribution in [0.5, 0.6) is 0 Å². The van der Waals surface area contributed by atoms with Gasteiger partial charge in [-0.05, 0) is 48.2 Å². The predicted octanol–water partition coefficient (Wildman–Crippen LogP) is 2.38. The van der Waals surface area contributed by atoms with Crippen molar-refractivity contribution in [3.63, 3.8) is 0 Å². The quantitative estimate of drug-likeness (QED) is 0.794. The van der Waals surface area contributed by atoms with E-state index in [-0.39, 0.29) is 24.4 Å². The average molecular weight is 343 g/mol. The molecule has 1 saturated heterocycles. The number of nitrogens with one attached hydrogen (secondary N) is 1. The Labute approximate surface area is 146 Å². The molecule has 2 heterocycles. The predicted molar refractivity (Wildman–Crippen MR) is 94.2 cm³/mol. The Morgan fingerprint density at radius 2 is 2.20 bits per heavy atom. The molecule has 2 unspecified atom stereocenters. The maximum absolute atomic E-state index is 13.5. The number of hydrogen-bond acceptors (Lipinski definition) is 4. The van der Waals surface area contributed by atoms with E-state index >= 15 is 0 Å². The molecule has 0 spiro atoms. The van der Waals surface area contributed by atoms with E-state index in [4.69, 9.17) is 11.5 Å². The number of nitrogens with two attached hydrogens (primary N) is 2. The Kier molecular flexibility index (Phi) is 5.14. The van der Waals surface area contributed by atoms with E-state index in [2.05, 4.69) is 10.3 Å². The van der Waals surface area contributed by atoms with Crippen molar-refractivity contribution < 1.29 is 9.18 Å². The second kappa shape index (κ2) is 7.48. The third-order valence-electron chi connectivity index (χ3n) is 4.59. The zero-order valence-corrected chi connectivity index (χ0v) is 13.9. The Bertz CT molecular complexity index is 740. The Morgan fingerprint density at radius 3 is 2.88 bits per heavy atom. The molecule has 1 aliphatic heterocycles. The number of rotatable bonds is 4. The minimum Gasteiger partial charge on any atom is -0.367 e. The smallest absolute Gasteiger partial charge is 0.315 e. The van der Waals surface area contributed by atoms with Gasteiger partial charge in [0.2, 0.25) is 0 Å². The molecule has 0 aliphatic carbocycles. The number of hydrogen-bond donors (Lipinski definition) is 3. The molecule has 1 aromatic heterocycles. The van der Waals surface area contributed by atoms with Gasteiger partial charge in [0.1, 0.15) is 11.6 Å². The molecule has 2 aromatic rings. The molecule has 2 atom stereocenters. The standard InChI is InChI=1S/C18H22FN5O/c19-13-4-5-15(12(9-13)11-20)16-10-14(6-8-24(16)18(21)25)23-17-3-1-2-7-22-17/h1-5,7,9,14,16H,6,8,10-11,20H2,(H2,21,25)(H,22,23). The molecule has 25 heavy (non-hydrogen) atoms. The minimum absolute atomic E-state index is 0.131. The summed E-state index contributed by atoms with van der Waals surface area (Å²) in [5, 5.41) is 3.39. The molecule has 1 fully saturated rings. The number of amides is 2. The number of carbonyl (C=O) groups excluding carboxylic acids is 1. The lowest BCUT2D eigenvalue weighted by Crippen LogP contribution is -2.47. The van der Waals surface area contributed by atoms with Crippen LogP contribution >= 0.6 is 0 Å². The molecule has 6 nitrogen and oxygen atoms in total. The number of aromatic nitrogens is 1. The summed E-state index contributed by atoms with van der Waals surface area (Å²) in [4.78, 5) is 17.8. The van der Waals surface area contributed by atoms with Crippen molar-refractivity contribution in [2.75, 3.05) is 11.9 Å². The molecule has 7 heteroatoms. The first-order valence-corrected chi connectivity index (χ1v) is 8.30. The van der Waals surface area contributed by atoms with Crippen LogP contribution in [-0.4, -0.2) is 28.5 Å². The zero-order valence-electron chi connectivity index (χ0n) is 13.9. The molecule has 5 N–H and O–H groups in total. The van der Waals surface area contributed by atoms with Crippen molar-refractivity contribution >= 4 is 11.8 Å². The highest BCUT2D eigenvalue weighted by molar-refractivity contribution is 5.73. The van der Waals surface area contributed by atoms with Crippen molar-refractivity contribution in [1.82, 2.24) is 9.88 Å². The molecule has 0 bridgehead atoms. The van der Waals surface area contributed by atoms with Gasteiger partial charge < -0.3 is 21.7 Å². The number of likely N-dealkylation sites (tertiary alicyclic amines) is 1. The molecule has 2 amide bonds. The number of halogens is 1. The van der Waals surface area contributed by atoms with Gasteiger partial charge in [-0.15, -0.1) is 0 Å². The number of primary amides is 1. The Hall–Kier alpha value is -2.67. The van der Waals surface area contributed by atoms with E-state index in [0.717, 1.165) is 17.8 Å². The number of benzene rings is 1. The zero-order chi connectivity index (χ0) is 17.8. The van der Waals surface area contributed by atoms with Crippen LogP contribution in [0.4, 0.5) is 15.0 Å². The van der Waals surface area contributed by atoms with Crippen LogP contribution in [0, 0.1) is 5.82 Å². The average Bonchev–Trinajstić information content (AvgIpc) is 2.62. The highest BCUT2D eigenvalue weighted by Gasteiger charge is 2.33. The van der Waals surface area contributed by atoms with Crippen LogP contribution in [0.25, 0.3) is 0 Å². The van der Waals surface area contributed by atoms with E-state index < -0.39 is 6.03 Å². The summed E-state index contributed by atoms with van der Waals surface area (Å²) in [6.07, 6.45) is 3.14. The van der Waals surface area contributed by atoms with Gasteiger partial charge in [0, 0.05) is 25.3 Å². The summed E-state index contributed by atoms with van der Waals surface area (Å²) in [5.41, 5.74) is 12.9. The van der Waals surface area contributed by atoms with E-state index in [1.165, 1.54) is 12.1 Å². The third kappa shape index (κ3) is 3.88. The van der Waals surface area contributed by atoms with E-state index in [1.54, 1.807) is 17.2 Å². The molecular weight excluding hydrogens is 321 g/mol. The number of carbonyl (C=O) groups is 1. The summed E-state index contributed by atoms with van der Waals surface area (Å²) in [6, 6.07) is 9.59. The Morgan fingerprint density at radius 1 is 1.36 bits per heavy atom. The molecule has 0 radical (unpaired) electrons. The molecule has 132 valence electrons. The number of urea groups is 1. The minimum atomic E-state index is -0.478. The summed E-state index contributed by atoms with van der Waals surface area (Å²) in [7, 11) is 0. The lowest BCUT2D eigenvalue weighted by atomic mass is 9.89. The van der Waals surface area contributed by atoms with Gasteiger partial charge in [0.05, 0.1) is 6.04 Å². The number of pyridine rings is 1. The lowest BCUT2D eigenvalue weighted by Gasteiger charge is -2.40. The fourth-order valence-electron chi connectivity index (χ4n) is 3.39. The second-order valence-electron chi connectivity index (χ2n) is 6.18. The van der Waals surface area contributed by atoms with Crippen LogP contribution in [0.3, 0.4) is 0 Å². The summed E-state index contributed by atoms with van der Waals surface area (Å²) in [6.45, 7) is 0.723. The van der Waals surface area contributed by atoms with E-state index in [9.17, 15) is 9.18 Å². The largest absolute Gasteiger partial charge is 0.367 e. The summed E-state index contributed by atoms with van der Waals surface area (Å²) < 4.78 is 13.5. The maximum atomic E-state index is 13.5. The van der Waals surface area contributed by atoms with Gasteiger partial charge >= 0.3 is 6.03 Å². The Balaban J connectivity index is 1.86. The monoisotopic (exact) mass is 343 g/mol. The molecular formula is C18H22FN5O. The highest BCUT2D eigenvalue weighted by atomic mass is 19.1. The molecule has 1 aliphatic rings. The van der Waals surface area contributed by atoms with Crippen molar-refractivity contribution in [2.24, 2.45) is 11.5 Å². The highest BCUT2D eigenvalue weighted by Crippen LogP contribution is 2.34. The van der Waals surface area contributed by atoms with Crippen molar-refractivity contribution in [3.8, 4) is 0 Å². The van der Waals surface area contributed by atoms with Gasteiger partial charge in [-0.2, -0.15) is 0 Å². The summed E-state index contributed by atoms with van der Waals surface area (Å²) in [5.74, 6) is 0.450. The first-order chi connectivity index (χ1) is 12.1. The van der Waals surface area contributed by atoms with Crippen molar-refractivity contribution in [2.45, 2.75) is 31.5 Å². The SMILES string of the molecule is NCc1cc(F)ccc1C1CC(Nc2ccccn2)CCN1C(N)=O. The molecule has 0 saturated carbocycles. The first kappa shape index (κ1) is 17.2. The van der Waals surface area contributed by atoms with Crippen LogP contribution < -0.4 is 16.8 Å². The number of nitrogens with zero attached hydrogens (tertiary/aromatic N) is 2. The summed E-state index contributed by atoms with van der Waals surface area (Å²) >= 11 is 0. The van der Waals surface area contributed by atoms with Gasteiger partial charge in [-0.1, -0.05) is 12.1 Å². The van der Waals surface area contributed by atoms with Crippen LogP contribution in [0.15, 0.2) is 42.6 Å². The second-order valence-corrected chi connectivity index (χ2v) is 6.18. The third-order valence-corrected chi connectivity index (χ3v) is 4.59. The van der Waals surface area contributed by atoms with Gasteiger partial charge in [0.15, 0.2) is 0 Å². The van der Waals surface area contributed by atoms with Crippen molar-refractivity contribution in [3.05, 3.63) is 59.5 Å². The van der Waals surface area contributed by atoms with Gasteiger partial charge in [-0.25, -0.2) is 14.2 Å². The fourth-order valence-corrected chi connectivity index (χ4v) is 3.39. The first-order valence-electron chi connectivity index (χ1n) is 8.30. The number of piperidine rings is 1. The van der Waals surface area contributed by atoms with Crippen LogP contribution in [-0.2, 0) is 6.54 Å².